The number of nitrogens with two attached hydrogens (primary N) is 1. The second-order valence-electron chi connectivity index (χ2n) is 2.97. The van der Waals surface area contributed by atoms with Crippen molar-refractivity contribution in [3.05, 3.63) is 0 Å². The van der Waals surface area contributed by atoms with Gasteiger partial charge in [-0.25, -0.2) is 0 Å². The maximum atomic E-state index is 10.2. The molecule has 1 atom stereocenters. The van der Waals surface area contributed by atoms with Crippen LogP contribution in [0.15, 0.2) is 0 Å². The van der Waals surface area contributed by atoms with Crippen molar-refractivity contribution in [1.29, 1.82) is 0 Å². The van der Waals surface area contributed by atoms with Crippen LogP contribution in [0.25, 0.3) is 0 Å². The lowest BCUT2D eigenvalue weighted by atomic mass is 9.94. The van der Waals surface area contributed by atoms with E-state index in [2.05, 4.69) is 0 Å². The topological polar surface area (TPSA) is 63.3 Å². The molecule has 0 aromatic rings. The van der Waals surface area contributed by atoms with Gasteiger partial charge in [0, 0.05) is 5.54 Å². The molecule has 0 aliphatic heterocycles. The molecule has 0 unspecified atom stereocenters. The number of carboxylic acid groups (broad SMARTS) is 1. The van der Waals surface area contributed by atoms with Crippen LogP contribution in [0.4, 0.5) is 0 Å². The fourth-order valence-corrected chi connectivity index (χ4v) is 1.00. The minimum absolute atomic E-state index is 0.0564. The van der Waals surface area contributed by atoms with Gasteiger partial charge in [-0.2, -0.15) is 0 Å². The van der Waals surface area contributed by atoms with E-state index in [1.54, 1.807) is 6.92 Å². The van der Waals surface area contributed by atoms with Crippen LogP contribution in [0.3, 0.4) is 0 Å². The quantitative estimate of drug-likeness (QED) is 0.619. The smallest absolute Gasteiger partial charge is 0.305 e. The summed E-state index contributed by atoms with van der Waals surface area (Å²) >= 11 is 0. The normalized spacial score (nSPS) is 16.3. The van der Waals surface area contributed by atoms with E-state index in [-0.39, 0.29) is 6.42 Å². The summed E-state index contributed by atoms with van der Waals surface area (Å²) in [5, 5.41) is 8.40. The lowest BCUT2D eigenvalue weighted by Crippen LogP contribution is -2.38. The zero-order chi connectivity index (χ0) is 8.20. The van der Waals surface area contributed by atoms with Crippen molar-refractivity contribution in [2.75, 3.05) is 0 Å². The van der Waals surface area contributed by atoms with Gasteiger partial charge in [0.15, 0.2) is 0 Å². The van der Waals surface area contributed by atoms with E-state index >= 15 is 0 Å². The van der Waals surface area contributed by atoms with Gasteiger partial charge in [-0.05, 0) is 13.3 Å². The van der Waals surface area contributed by atoms with Crippen molar-refractivity contribution in [3.8, 4) is 0 Å². The van der Waals surface area contributed by atoms with Crippen LogP contribution in [0.5, 0.6) is 0 Å². The Bertz CT molecular complexity index is 121. The molecule has 0 aromatic carbocycles. The number of hydrogen-bond donors (Lipinski definition) is 2. The third-order valence-corrected chi connectivity index (χ3v) is 1.38. The van der Waals surface area contributed by atoms with Crippen LogP contribution in [0.2, 0.25) is 0 Å². The van der Waals surface area contributed by atoms with Gasteiger partial charge in [-0.3, -0.25) is 4.79 Å². The highest BCUT2D eigenvalue weighted by Gasteiger charge is 2.20. The lowest BCUT2D eigenvalue weighted by Gasteiger charge is -2.20. The SMILES string of the molecule is CCC[C@@](C)(N)CC(=O)O. The fourth-order valence-electron chi connectivity index (χ4n) is 1.00. The lowest BCUT2D eigenvalue weighted by molar-refractivity contribution is -0.138. The molecule has 60 valence electrons. The van der Waals surface area contributed by atoms with Crippen molar-refractivity contribution in [2.24, 2.45) is 5.73 Å². The monoisotopic (exact) mass is 145 g/mol. The minimum atomic E-state index is -0.821. The Kier molecular flexibility index (Phi) is 3.36. The molecule has 3 N–H and O–H groups in total. The Balaban J connectivity index is 3.74. The van der Waals surface area contributed by atoms with E-state index in [1.807, 2.05) is 6.92 Å². The number of aliphatic carboxylic acids is 1. The molecular weight excluding hydrogens is 130 g/mol. The molecule has 0 aromatic heterocycles. The average Bonchev–Trinajstić information content (AvgIpc) is 1.59. The highest BCUT2D eigenvalue weighted by molar-refractivity contribution is 5.68. The second-order valence-corrected chi connectivity index (χ2v) is 2.97. The summed E-state index contributed by atoms with van der Waals surface area (Å²) in [4.78, 5) is 10.2. The third kappa shape index (κ3) is 4.32. The summed E-state index contributed by atoms with van der Waals surface area (Å²) in [5.74, 6) is -0.821. The molecule has 0 aliphatic carbocycles. The summed E-state index contributed by atoms with van der Waals surface area (Å²) in [7, 11) is 0. The maximum Gasteiger partial charge on any atom is 0.305 e. The predicted octanol–water partition coefficient (Wildman–Crippen LogP) is 0.979. The Morgan fingerprint density at radius 1 is 1.70 bits per heavy atom. The van der Waals surface area contributed by atoms with Crippen LogP contribution < -0.4 is 5.73 Å². The van der Waals surface area contributed by atoms with Crippen molar-refractivity contribution in [3.63, 3.8) is 0 Å². The molecule has 3 heteroatoms. The molecule has 0 aliphatic rings. The summed E-state index contributed by atoms with van der Waals surface area (Å²) in [5.41, 5.74) is 5.12. The molecule has 0 rings (SSSR count). The van der Waals surface area contributed by atoms with Gasteiger partial charge in [-0.15, -0.1) is 0 Å². The zero-order valence-electron chi connectivity index (χ0n) is 6.55. The van der Waals surface area contributed by atoms with Gasteiger partial charge in [-0.1, -0.05) is 13.3 Å². The molecule has 0 heterocycles. The molecule has 0 bridgehead atoms. The first kappa shape index (κ1) is 9.43. The van der Waals surface area contributed by atoms with Crippen LogP contribution in [0.1, 0.15) is 33.1 Å². The van der Waals surface area contributed by atoms with Crippen molar-refractivity contribution in [2.45, 2.75) is 38.6 Å². The number of carbonyl (C=O) groups is 1. The second kappa shape index (κ2) is 3.56. The highest BCUT2D eigenvalue weighted by atomic mass is 16.4. The molecule has 0 fully saturated rings. The Labute approximate surface area is 61.2 Å². The highest BCUT2D eigenvalue weighted by Crippen LogP contribution is 2.12. The number of hydrogen-bond acceptors (Lipinski definition) is 2. The molecule has 0 amide bonds. The molecule has 0 saturated heterocycles. The van der Waals surface area contributed by atoms with Gasteiger partial charge in [0.25, 0.3) is 0 Å². The van der Waals surface area contributed by atoms with Gasteiger partial charge in [0.1, 0.15) is 0 Å². The van der Waals surface area contributed by atoms with E-state index in [0.29, 0.717) is 0 Å². The maximum absolute atomic E-state index is 10.2. The standard InChI is InChI=1S/C7H15NO2/c1-3-4-7(2,8)5-6(9)10/h3-5,8H2,1-2H3,(H,9,10)/t7-/m1/s1. The van der Waals surface area contributed by atoms with E-state index < -0.39 is 11.5 Å². The first-order chi connectivity index (χ1) is 4.48. The van der Waals surface area contributed by atoms with Crippen molar-refractivity contribution >= 4 is 5.97 Å². The van der Waals surface area contributed by atoms with Gasteiger partial charge in [0.05, 0.1) is 6.42 Å². The molecule has 0 radical (unpaired) electrons. The van der Waals surface area contributed by atoms with Crippen LogP contribution >= 0.6 is 0 Å². The fraction of sp³-hybridized carbons (Fsp3) is 0.857. The van der Waals surface area contributed by atoms with E-state index in [0.717, 1.165) is 12.8 Å². The van der Waals surface area contributed by atoms with E-state index in [1.165, 1.54) is 0 Å². The van der Waals surface area contributed by atoms with E-state index in [4.69, 9.17) is 10.8 Å². The van der Waals surface area contributed by atoms with Crippen LogP contribution in [-0.2, 0) is 4.79 Å². The third-order valence-electron chi connectivity index (χ3n) is 1.38. The predicted molar refractivity (Wildman–Crippen MR) is 39.8 cm³/mol. The largest absolute Gasteiger partial charge is 0.481 e. The Morgan fingerprint density at radius 2 is 2.20 bits per heavy atom. The first-order valence-corrected chi connectivity index (χ1v) is 3.48. The molecule has 0 saturated carbocycles. The molecule has 0 spiro atoms. The summed E-state index contributed by atoms with van der Waals surface area (Å²) in [6.45, 7) is 3.76. The molecule has 3 nitrogen and oxygen atoms in total. The number of rotatable bonds is 4. The Hall–Kier alpha value is -0.570. The van der Waals surface area contributed by atoms with Crippen molar-refractivity contribution < 1.29 is 9.90 Å². The summed E-state index contributed by atoms with van der Waals surface area (Å²) in [6.07, 6.45) is 1.75. The zero-order valence-corrected chi connectivity index (χ0v) is 6.55. The number of carboxylic acids is 1. The van der Waals surface area contributed by atoms with Gasteiger partial charge in [0.2, 0.25) is 0 Å². The Morgan fingerprint density at radius 3 is 2.50 bits per heavy atom. The minimum Gasteiger partial charge on any atom is -0.481 e. The van der Waals surface area contributed by atoms with Gasteiger partial charge >= 0.3 is 5.97 Å². The van der Waals surface area contributed by atoms with Gasteiger partial charge < -0.3 is 10.8 Å². The molecule has 10 heavy (non-hydrogen) atoms. The van der Waals surface area contributed by atoms with Crippen molar-refractivity contribution in [1.82, 2.24) is 0 Å². The van der Waals surface area contributed by atoms with Crippen LogP contribution in [-0.4, -0.2) is 16.6 Å². The average molecular weight is 145 g/mol. The van der Waals surface area contributed by atoms with Crippen LogP contribution in [0, 0.1) is 0 Å². The molecular formula is C7H15NO2. The first-order valence-electron chi connectivity index (χ1n) is 3.48. The summed E-state index contributed by atoms with van der Waals surface area (Å²) < 4.78 is 0. The van der Waals surface area contributed by atoms with E-state index in [9.17, 15) is 4.79 Å². The summed E-state index contributed by atoms with van der Waals surface area (Å²) in [6, 6.07) is 0.